The van der Waals surface area contributed by atoms with Crippen LogP contribution in [0.4, 0.5) is 0 Å². The molecule has 1 aliphatic rings. The maximum absolute atomic E-state index is 12.4. The van der Waals surface area contributed by atoms with Crippen molar-refractivity contribution in [2.45, 2.75) is 12.8 Å². The number of rotatable bonds is 3. The van der Waals surface area contributed by atoms with Gasteiger partial charge in [0.25, 0.3) is 5.91 Å². The number of hydrazine groups is 1. The summed E-state index contributed by atoms with van der Waals surface area (Å²) in [7, 11) is 1.58. The SMILES string of the molecule is COc1ccc(C(=O)N2CCCC(C(=O)NN)C2)cc1. The lowest BCUT2D eigenvalue weighted by Gasteiger charge is -2.31. The molecule has 1 aliphatic heterocycles. The zero-order chi connectivity index (χ0) is 14.5. The van der Waals surface area contributed by atoms with E-state index in [1.165, 1.54) is 0 Å². The van der Waals surface area contributed by atoms with Crippen molar-refractivity contribution in [3.05, 3.63) is 29.8 Å². The van der Waals surface area contributed by atoms with E-state index in [0.29, 0.717) is 24.4 Å². The first-order valence-corrected chi connectivity index (χ1v) is 6.59. The van der Waals surface area contributed by atoms with Gasteiger partial charge in [-0.2, -0.15) is 0 Å². The number of carbonyl (C=O) groups is 2. The third kappa shape index (κ3) is 3.08. The number of likely N-dealkylation sites (tertiary alicyclic amines) is 1. The van der Waals surface area contributed by atoms with Crippen molar-refractivity contribution in [2.75, 3.05) is 20.2 Å². The molecular formula is C14H19N3O3. The third-order valence-electron chi connectivity index (χ3n) is 3.56. The van der Waals surface area contributed by atoms with E-state index in [1.807, 2.05) is 0 Å². The van der Waals surface area contributed by atoms with E-state index in [1.54, 1.807) is 36.3 Å². The molecule has 6 nitrogen and oxygen atoms in total. The van der Waals surface area contributed by atoms with Crippen LogP contribution in [0.2, 0.25) is 0 Å². The fraction of sp³-hybridized carbons (Fsp3) is 0.429. The number of methoxy groups -OCH3 is 1. The molecule has 108 valence electrons. The van der Waals surface area contributed by atoms with E-state index in [4.69, 9.17) is 10.6 Å². The van der Waals surface area contributed by atoms with E-state index in [2.05, 4.69) is 5.43 Å². The minimum absolute atomic E-state index is 0.0674. The highest BCUT2D eigenvalue weighted by atomic mass is 16.5. The van der Waals surface area contributed by atoms with Crippen LogP contribution in [0, 0.1) is 5.92 Å². The molecule has 0 bridgehead atoms. The fourth-order valence-corrected chi connectivity index (χ4v) is 2.41. The lowest BCUT2D eigenvalue weighted by Crippen LogP contribution is -2.46. The van der Waals surface area contributed by atoms with Gasteiger partial charge in [0.05, 0.1) is 13.0 Å². The second-order valence-corrected chi connectivity index (χ2v) is 4.83. The third-order valence-corrected chi connectivity index (χ3v) is 3.56. The molecule has 1 unspecified atom stereocenters. The van der Waals surface area contributed by atoms with Crippen LogP contribution in [0.25, 0.3) is 0 Å². The Bertz CT molecular complexity index is 487. The van der Waals surface area contributed by atoms with Gasteiger partial charge < -0.3 is 9.64 Å². The molecule has 0 aromatic heterocycles. The Kier molecular flexibility index (Phi) is 4.57. The Morgan fingerprint density at radius 2 is 2.05 bits per heavy atom. The van der Waals surface area contributed by atoms with Crippen LogP contribution < -0.4 is 16.0 Å². The van der Waals surface area contributed by atoms with Gasteiger partial charge in [0.15, 0.2) is 0 Å². The zero-order valence-corrected chi connectivity index (χ0v) is 11.5. The van der Waals surface area contributed by atoms with E-state index in [-0.39, 0.29) is 17.7 Å². The maximum Gasteiger partial charge on any atom is 0.253 e. The second kappa shape index (κ2) is 6.38. The first-order valence-electron chi connectivity index (χ1n) is 6.59. The van der Waals surface area contributed by atoms with Gasteiger partial charge in [-0.15, -0.1) is 0 Å². The number of nitrogens with zero attached hydrogens (tertiary/aromatic N) is 1. The van der Waals surface area contributed by atoms with E-state index >= 15 is 0 Å². The minimum atomic E-state index is -0.226. The lowest BCUT2D eigenvalue weighted by atomic mass is 9.97. The number of benzene rings is 1. The molecule has 6 heteroatoms. The van der Waals surface area contributed by atoms with Gasteiger partial charge in [0.1, 0.15) is 5.75 Å². The molecule has 0 spiro atoms. The summed E-state index contributed by atoms with van der Waals surface area (Å²) >= 11 is 0. The van der Waals surface area contributed by atoms with Crippen molar-refractivity contribution in [3.63, 3.8) is 0 Å². The largest absolute Gasteiger partial charge is 0.497 e. The highest BCUT2D eigenvalue weighted by Crippen LogP contribution is 2.20. The van der Waals surface area contributed by atoms with Crippen molar-refractivity contribution >= 4 is 11.8 Å². The number of ether oxygens (including phenoxy) is 1. The summed E-state index contributed by atoms with van der Waals surface area (Å²) in [6.45, 7) is 1.08. The van der Waals surface area contributed by atoms with Crippen molar-refractivity contribution in [1.29, 1.82) is 0 Å². The normalized spacial score (nSPS) is 18.5. The standard InChI is InChI=1S/C14H19N3O3/c1-20-12-6-4-10(5-7-12)14(19)17-8-2-3-11(9-17)13(18)16-15/h4-7,11H,2-3,8-9,15H2,1H3,(H,16,18). The summed E-state index contributed by atoms with van der Waals surface area (Å²) < 4.78 is 5.07. The quantitative estimate of drug-likeness (QED) is 0.480. The zero-order valence-electron chi connectivity index (χ0n) is 11.5. The van der Waals surface area contributed by atoms with Crippen molar-refractivity contribution < 1.29 is 14.3 Å². The Balaban J connectivity index is 2.05. The van der Waals surface area contributed by atoms with Crippen LogP contribution in [-0.2, 0) is 4.79 Å². The van der Waals surface area contributed by atoms with Crippen LogP contribution >= 0.6 is 0 Å². The number of nitrogens with one attached hydrogen (secondary N) is 1. The summed E-state index contributed by atoms with van der Waals surface area (Å²) in [5.74, 6) is 5.36. The molecule has 1 atom stereocenters. The van der Waals surface area contributed by atoms with Gasteiger partial charge >= 0.3 is 0 Å². The molecule has 1 saturated heterocycles. The summed E-state index contributed by atoms with van der Waals surface area (Å²) in [6.07, 6.45) is 1.56. The highest BCUT2D eigenvalue weighted by Gasteiger charge is 2.28. The number of piperidine rings is 1. The number of hydrogen-bond donors (Lipinski definition) is 2. The molecule has 1 heterocycles. The minimum Gasteiger partial charge on any atom is -0.497 e. The Hall–Kier alpha value is -2.08. The van der Waals surface area contributed by atoms with Crippen LogP contribution in [0.5, 0.6) is 5.75 Å². The summed E-state index contributed by atoms with van der Waals surface area (Å²) in [4.78, 5) is 25.6. The molecule has 1 fully saturated rings. The summed E-state index contributed by atoms with van der Waals surface area (Å²) in [5, 5.41) is 0. The molecular weight excluding hydrogens is 258 g/mol. The molecule has 0 saturated carbocycles. The van der Waals surface area contributed by atoms with Gasteiger partial charge in [-0.25, -0.2) is 5.84 Å². The summed E-state index contributed by atoms with van der Waals surface area (Å²) in [5.41, 5.74) is 2.75. The number of amides is 2. The first-order chi connectivity index (χ1) is 9.65. The number of carbonyl (C=O) groups excluding carboxylic acids is 2. The van der Waals surface area contributed by atoms with Crippen LogP contribution in [0.3, 0.4) is 0 Å². The van der Waals surface area contributed by atoms with Gasteiger partial charge in [-0.3, -0.25) is 15.0 Å². The maximum atomic E-state index is 12.4. The Labute approximate surface area is 117 Å². The Morgan fingerprint density at radius 3 is 2.65 bits per heavy atom. The van der Waals surface area contributed by atoms with Crippen molar-refractivity contribution in [1.82, 2.24) is 10.3 Å². The molecule has 3 N–H and O–H groups in total. The fourth-order valence-electron chi connectivity index (χ4n) is 2.41. The Morgan fingerprint density at radius 1 is 1.35 bits per heavy atom. The van der Waals surface area contributed by atoms with Crippen LogP contribution in [0.1, 0.15) is 23.2 Å². The predicted octanol–water partition coefficient (Wildman–Crippen LogP) is 0.537. The summed E-state index contributed by atoms with van der Waals surface area (Å²) in [6, 6.07) is 6.96. The van der Waals surface area contributed by atoms with Gasteiger partial charge in [-0.05, 0) is 37.1 Å². The number of hydrogen-bond acceptors (Lipinski definition) is 4. The van der Waals surface area contributed by atoms with Gasteiger partial charge in [0, 0.05) is 18.7 Å². The van der Waals surface area contributed by atoms with Gasteiger partial charge in [0.2, 0.25) is 5.91 Å². The van der Waals surface area contributed by atoms with Gasteiger partial charge in [-0.1, -0.05) is 0 Å². The van der Waals surface area contributed by atoms with E-state index < -0.39 is 0 Å². The van der Waals surface area contributed by atoms with E-state index in [9.17, 15) is 9.59 Å². The molecule has 0 radical (unpaired) electrons. The predicted molar refractivity (Wildman–Crippen MR) is 74.0 cm³/mol. The molecule has 20 heavy (non-hydrogen) atoms. The molecule has 1 aromatic carbocycles. The van der Waals surface area contributed by atoms with Crippen molar-refractivity contribution in [2.24, 2.45) is 11.8 Å². The van der Waals surface area contributed by atoms with Crippen LogP contribution in [0.15, 0.2) is 24.3 Å². The lowest BCUT2D eigenvalue weighted by molar-refractivity contribution is -0.126. The average Bonchev–Trinajstić information content (AvgIpc) is 2.53. The molecule has 1 aromatic rings. The highest BCUT2D eigenvalue weighted by molar-refractivity contribution is 5.94. The number of nitrogens with two attached hydrogens (primary N) is 1. The van der Waals surface area contributed by atoms with Crippen LogP contribution in [-0.4, -0.2) is 36.9 Å². The monoisotopic (exact) mass is 277 g/mol. The molecule has 2 amide bonds. The topological polar surface area (TPSA) is 84.7 Å². The van der Waals surface area contributed by atoms with Crippen molar-refractivity contribution in [3.8, 4) is 5.75 Å². The second-order valence-electron chi connectivity index (χ2n) is 4.83. The molecule has 2 rings (SSSR count). The average molecular weight is 277 g/mol. The molecule has 0 aliphatic carbocycles. The smallest absolute Gasteiger partial charge is 0.253 e. The van der Waals surface area contributed by atoms with E-state index in [0.717, 1.165) is 12.8 Å². The first kappa shape index (κ1) is 14.3.